The third-order valence-corrected chi connectivity index (χ3v) is 3.51. The van der Waals surface area contributed by atoms with Gasteiger partial charge in [-0.3, -0.25) is 0 Å². The lowest BCUT2D eigenvalue weighted by molar-refractivity contribution is 0.568. The van der Waals surface area contributed by atoms with E-state index in [1.54, 1.807) is 6.92 Å². The van der Waals surface area contributed by atoms with Crippen molar-refractivity contribution >= 4 is 10.0 Å². The van der Waals surface area contributed by atoms with Gasteiger partial charge in [0.25, 0.3) is 0 Å². The summed E-state index contributed by atoms with van der Waals surface area (Å²) in [6, 6.07) is 9.34. The third kappa shape index (κ3) is 3.12. The number of rotatable bonds is 4. The van der Waals surface area contributed by atoms with Crippen LogP contribution in [0.5, 0.6) is 0 Å². The predicted octanol–water partition coefficient (Wildman–Crippen LogP) is 1.69. The minimum absolute atomic E-state index is 0.115. The van der Waals surface area contributed by atoms with Gasteiger partial charge >= 0.3 is 0 Å². The zero-order valence-corrected chi connectivity index (χ0v) is 9.21. The van der Waals surface area contributed by atoms with E-state index in [1.165, 1.54) is 0 Å². The molecular weight excluding hydrogens is 198 g/mol. The van der Waals surface area contributed by atoms with E-state index < -0.39 is 10.0 Å². The molecule has 0 radical (unpaired) electrons. The highest BCUT2D eigenvalue weighted by Crippen LogP contribution is 2.12. The SMILES string of the molecule is CCS(=O)(=O)N[C@@H](C)c1ccccc1. The fourth-order valence-electron chi connectivity index (χ4n) is 1.16. The smallest absolute Gasteiger partial charge is 0.211 e. The van der Waals surface area contributed by atoms with Gasteiger partial charge in [0.05, 0.1) is 5.75 Å². The summed E-state index contributed by atoms with van der Waals surface area (Å²) < 4.78 is 25.1. The molecule has 0 heterocycles. The summed E-state index contributed by atoms with van der Waals surface area (Å²) >= 11 is 0. The molecule has 78 valence electrons. The van der Waals surface area contributed by atoms with E-state index in [9.17, 15) is 8.42 Å². The van der Waals surface area contributed by atoms with Gasteiger partial charge in [0.2, 0.25) is 10.0 Å². The number of hydrogen-bond acceptors (Lipinski definition) is 2. The topological polar surface area (TPSA) is 46.2 Å². The molecule has 0 bridgehead atoms. The van der Waals surface area contributed by atoms with Crippen LogP contribution >= 0.6 is 0 Å². The minimum Gasteiger partial charge on any atom is -0.212 e. The number of benzene rings is 1. The minimum atomic E-state index is -3.12. The van der Waals surface area contributed by atoms with Crippen molar-refractivity contribution in [3.63, 3.8) is 0 Å². The Morgan fingerprint density at radius 1 is 1.29 bits per heavy atom. The van der Waals surface area contributed by atoms with Crippen LogP contribution in [-0.4, -0.2) is 14.2 Å². The molecule has 1 aromatic carbocycles. The first-order valence-electron chi connectivity index (χ1n) is 4.60. The Balaban J connectivity index is 2.74. The molecule has 0 aliphatic rings. The number of nitrogens with one attached hydrogen (secondary N) is 1. The average molecular weight is 213 g/mol. The maximum atomic E-state index is 11.3. The van der Waals surface area contributed by atoms with Crippen molar-refractivity contribution in [1.82, 2.24) is 4.72 Å². The first kappa shape index (κ1) is 11.2. The van der Waals surface area contributed by atoms with Crippen molar-refractivity contribution < 1.29 is 8.42 Å². The largest absolute Gasteiger partial charge is 0.212 e. The van der Waals surface area contributed by atoms with Crippen LogP contribution < -0.4 is 4.72 Å². The van der Waals surface area contributed by atoms with Gasteiger partial charge in [0.15, 0.2) is 0 Å². The maximum absolute atomic E-state index is 11.3. The molecule has 0 spiro atoms. The lowest BCUT2D eigenvalue weighted by atomic mass is 10.1. The van der Waals surface area contributed by atoms with Crippen LogP contribution in [-0.2, 0) is 10.0 Å². The van der Waals surface area contributed by atoms with Gasteiger partial charge in [-0.1, -0.05) is 30.3 Å². The van der Waals surface area contributed by atoms with Gasteiger partial charge in [-0.05, 0) is 19.4 Å². The summed E-state index contributed by atoms with van der Waals surface area (Å²) in [4.78, 5) is 0. The molecule has 0 aliphatic carbocycles. The molecule has 1 rings (SSSR count). The van der Waals surface area contributed by atoms with Crippen LogP contribution in [0.3, 0.4) is 0 Å². The van der Waals surface area contributed by atoms with E-state index in [2.05, 4.69) is 4.72 Å². The molecule has 0 unspecified atom stereocenters. The lowest BCUT2D eigenvalue weighted by Crippen LogP contribution is -2.28. The van der Waals surface area contributed by atoms with Gasteiger partial charge in [-0.15, -0.1) is 0 Å². The molecule has 0 aromatic heterocycles. The third-order valence-electron chi connectivity index (χ3n) is 2.04. The molecule has 14 heavy (non-hydrogen) atoms. The van der Waals surface area contributed by atoms with Gasteiger partial charge in [-0.25, -0.2) is 13.1 Å². The second-order valence-corrected chi connectivity index (χ2v) is 5.20. The van der Waals surface area contributed by atoms with Crippen LogP contribution in [0, 0.1) is 0 Å². The average Bonchev–Trinajstić information content (AvgIpc) is 2.19. The highest BCUT2D eigenvalue weighted by molar-refractivity contribution is 7.89. The summed E-state index contributed by atoms with van der Waals surface area (Å²) in [6.45, 7) is 3.46. The normalized spacial score (nSPS) is 13.9. The summed E-state index contributed by atoms with van der Waals surface area (Å²) in [5, 5.41) is 0. The maximum Gasteiger partial charge on any atom is 0.211 e. The van der Waals surface area contributed by atoms with Crippen LogP contribution in [0.25, 0.3) is 0 Å². The van der Waals surface area contributed by atoms with Crippen molar-refractivity contribution in [3.05, 3.63) is 35.9 Å². The Kier molecular flexibility index (Phi) is 3.66. The first-order chi connectivity index (χ1) is 6.55. The summed E-state index contributed by atoms with van der Waals surface area (Å²) in [5.74, 6) is 0.115. The zero-order chi connectivity index (χ0) is 10.6. The molecule has 1 aromatic rings. The van der Waals surface area contributed by atoms with E-state index in [0.29, 0.717) is 0 Å². The Hall–Kier alpha value is -0.870. The van der Waals surface area contributed by atoms with Crippen LogP contribution in [0.15, 0.2) is 30.3 Å². The quantitative estimate of drug-likeness (QED) is 0.827. The summed E-state index contributed by atoms with van der Waals surface area (Å²) in [6.07, 6.45) is 0. The molecule has 0 fully saturated rings. The Morgan fingerprint density at radius 3 is 2.36 bits per heavy atom. The van der Waals surface area contributed by atoms with E-state index in [4.69, 9.17) is 0 Å². The fourth-order valence-corrected chi connectivity index (χ4v) is 2.00. The van der Waals surface area contributed by atoms with E-state index >= 15 is 0 Å². The number of hydrogen-bond donors (Lipinski definition) is 1. The fraction of sp³-hybridized carbons (Fsp3) is 0.400. The second-order valence-electron chi connectivity index (χ2n) is 3.15. The summed E-state index contributed by atoms with van der Waals surface area (Å²) in [7, 11) is -3.12. The summed E-state index contributed by atoms with van der Waals surface area (Å²) in [5.41, 5.74) is 0.976. The Labute approximate surface area is 85.2 Å². The van der Waals surface area contributed by atoms with Crippen molar-refractivity contribution in [2.45, 2.75) is 19.9 Å². The van der Waals surface area contributed by atoms with Crippen molar-refractivity contribution in [3.8, 4) is 0 Å². The van der Waals surface area contributed by atoms with Gasteiger partial charge < -0.3 is 0 Å². The lowest BCUT2D eigenvalue weighted by Gasteiger charge is -2.13. The van der Waals surface area contributed by atoms with Crippen LogP contribution in [0.1, 0.15) is 25.5 Å². The van der Waals surface area contributed by atoms with Gasteiger partial charge in [0, 0.05) is 6.04 Å². The van der Waals surface area contributed by atoms with E-state index in [0.717, 1.165) is 5.56 Å². The highest BCUT2D eigenvalue weighted by atomic mass is 32.2. The van der Waals surface area contributed by atoms with Gasteiger partial charge in [0.1, 0.15) is 0 Å². The first-order valence-corrected chi connectivity index (χ1v) is 6.25. The molecule has 0 amide bonds. The van der Waals surface area contributed by atoms with Crippen LogP contribution in [0.2, 0.25) is 0 Å². The molecule has 0 saturated heterocycles. The monoisotopic (exact) mass is 213 g/mol. The molecule has 0 aliphatic heterocycles. The Bertz CT molecular complexity index is 372. The van der Waals surface area contributed by atoms with E-state index in [-0.39, 0.29) is 11.8 Å². The molecular formula is C10H15NO2S. The molecule has 1 atom stereocenters. The molecule has 0 saturated carbocycles. The molecule has 1 N–H and O–H groups in total. The highest BCUT2D eigenvalue weighted by Gasteiger charge is 2.12. The molecule has 3 nitrogen and oxygen atoms in total. The van der Waals surface area contributed by atoms with Crippen LogP contribution in [0.4, 0.5) is 0 Å². The molecule has 4 heteroatoms. The van der Waals surface area contributed by atoms with Gasteiger partial charge in [-0.2, -0.15) is 0 Å². The van der Waals surface area contributed by atoms with E-state index in [1.807, 2.05) is 37.3 Å². The zero-order valence-electron chi connectivity index (χ0n) is 8.40. The Morgan fingerprint density at radius 2 is 1.86 bits per heavy atom. The number of sulfonamides is 1. The standard InChI is InChI=1S/C10H15NO2S/c1-3-14(12,13)11-9(2)10-7-5-4-6-8-10/h4-9,11H,3H2,1-2H3/t9-/m0/s1. The van der Waals surface area contributed by atoms with Crippen molar-refractivity contribution in [2.75, 3.05) is 5.75 Å². The second kappa shape index (κ2) is 4.57. The van der Waals surface area contributed by atoms with Crippen molar-refractivity contribution in [2.24, 2.45) is 0 Å². The predicted molar refractivity (Wildman–Crippen MR) is 57.5 cm³/mol. The van der Waals surface area contributed by atoms with Crippen molar-refractivity contribution in [1.29, 1.82) is 0 Å².